The fraction of sp³-hybridized carbons (Fsp3) is 0.238. The van der Waals surface area contributed by atoms with Crippen LogP contribution in [0.4, 0.5) is 5.69 Å². The molecule has 4 rings (SSSR count). The number of amides is 1. The number of carbonyl (C=O) groups is 1. The maximum absolute atomic E-state index is 13.2. The van der Waals surface area contributed by atoms with Crippen molar-refractivity contribution in [3.05, 3.63) is 74.6 Å². The number of para-hydroxylation sites is 2. The molecular weight excluding hydrogens is 390 g/mol. The summed E-state index contributed by atoms with van der Waals surface area (Å²) in [6, 6.07) is 12.5. The fourth-order valence-electron chi connectivity index (χ4n) is 3.46. The average Bonchev–Trinajstić information content (AvgIpc) is 2.75. The third kappa shape index (κ3) is 3.69. The van der Waals surface area contributed by atoms with Gasteiger partial charge in [-0.15, -0.1) is 0 Å². The number of hydrogen-bond acceptors (Lipinski definition) is 6. The lowest BCUT2D eigenvalue weighted by Crippen LogP contribution is -2.43. The van der Waals surface area contributed by atoms with Crippen LogP contribution in [-0.4, -0.2) is 46.5 Å². The van der Waals surface area contributed by atoms with Crippen LogP contribution < -0.4 is 15.0 Å². The first-order valence-electron chi connectivity index (χ1n) is 9.45. The molecule has 1 amide bonds. The smallest absolute Gasteiger partial charge is 0.270 e. The third-order valence-corrected chi connectivity index (χ3v) is 4.93. The number of nitro groups is 1. The van der Waals surface area contributed by atoms with E-state index in [1.165, 1.54) is 29.2 Å². The minimum Gasteiger partial charge on any atom is -0.486 e. The molecule has 30 heavy (non-hydrogen) atoms. The molecule has 1 aromatic heterocycles. The van der Waals surface area contributed by atoms with E-state index < -0.39 is 16.4 Å². The summed E-state index contributed by atoms with van der Waals surface area (Å²) in [7, 11) is 0. The molecule has 0 saturated heterocycles. The molecular formula is C21H19N3O6. The predicted molar refractivity (Wildman–Crippen MR) is 109 cm³/mol. The summed E-state index contributed by atoms with van der Waals surface area (Å²) < 4.78 is 11.6. The quantitative estimate of drug-likeness (QED) is 0.512. The van der Waals surface area contributed by atoms with Gasteiger partial charge in [0.25, 0.3) is 11.6 Å². The van der Waals surface area contributed by atoms with Gasteiger partial charge in [0.2, 0.25) is 5.56 Å². The summed E-state index contributed by atoms with van der Waals surface area (Å²) in [4.78, 5) is 40.1. The van der Waals surface area contributed by atoms with Gasteiger partial charge in [-0.25, -0.2) is 0 Å². The van der Waals surface area contributed by atoms with Crippen LogP contribution in [-0.2, 0) is 0 Å². The van der Waals surface area contributed by atoms with E-state index in [4.69, 9.17) is 9.47 Å². The number of ether oxygens (including phenoxy) is 2. The first kappa shape index (κ1) is 19.4. The molecule has 2 heterocycles. The van der Waals surface area contributed by atoms with Gasteiger partial charge in [0.1, 0.15) is 6.61 Å². The molecule has 1 N–H and O–H groups in total. The van der Waals surface area contributed by atoms with Crippen molar-refractivity contribution in [1.29, 1.82) is 0 Å². The van der Waals surface area contributed by atoms with Crippen LogP contribution in [0.15, 0.2) is 53.3 Å². The van der Waals surface area contributed by atoms with Gasteiger partial charge < -0.3 is 19.4 Å². The number of H-pyrrole nitrogens is 1. The number of fused-ring (bicyclic) bond motifs is 2. The number of rotatable bonds is 5. The first-order chi connectivity index (χ1) is 14.5. The van der Waals surface area contributed by atoms with E-state index in [9.17, 15) is 19.7 Å². The lowest BCUT2D eigenvalue weighted by atomic mass is 10.1. The zero-order valence-electron chi connectivity index (χ0n) is 16.2. The highest BCUT2D eigenvalue weighted by Gasteiger charge is 2.26. The number of hydrogen-bond donors (Lipinski definition) is 1. The normalized spacial score (nSPS) is 15.0. The maximum atomic E-state index is 13.2. The van der Waals surface area contributed by atoms with E-state index in [0.717, 1.165) is 0 Å². The van der Waals surface area contributed by atoms with Gasteiger partial charge in [-0.05, 0) is 25.1 Å². The van der Waals surface area contributed by atoms with E-state index in [0.29, 0.717) is 28.9 Å². The Morgan fingerprint density at radius 3 is 2.73 bits per heavy atom. The maximum Gasteiger partial charge on any atom is 0.270 e. The summed E-state index contributed by atoms with van der Waals surface area (Å²) in [5.41, 5.74) is -0.149. The van der Waals surface area contributed by atoms with Crippen molar-refractivity contribution < 1.29 is 19.2 Å². The second kappa shape index (κ2) is 7.86. The van der Waals surface area contributed by atoms with Gasteiger partial charge in [-0.1, -0.05) is 12.1 Å². The van der Waals surface area contributed by atoms with Gasteiger partial charge >= 0.3 is 0 Å². The summed E-state index contributed by atoms with van der Waals surface area (Å²) in [5, 5.41) is 11.5. The van der Waals surface area contributed by atoms with Crippen LogP contribution in [0, 0.1) is 10.1 Å². The molecule has 3 aromatic rings. The summed E-state index contributed by atoms with van der Waals surface area (Å²) in [5.74, 6) is 0.849. The molecule has 0 fully saturated rings. The number of non-ortho nitro benzene ring substituents is 1. The topological polar surface area (TPSA) is 115 Å². The van der Waals surface area contributed by atoms with Crippen LogP contribution in [0.1, 0.15) is 17.3 Å². The van der Waals surface area contributed by atoms with Crippen molar-refractivity contribution in [2.45, 2.75) is 13.0 Å². The summed E-state index contributed by atoms with van der Waals surface area (Å²) in [6.07, 6.45) is -0.383. The molecule has 1 aliphatic heterocycles. The number of pyridine rings is 1. The van der Waals surface area contributed by atoms with Crippen molar-refractivity contribution in [2.75, 3.05) is 19.7 Å². The summed E-state index contributed by atoms with van der Waals surface area (Å²) >= 11 is 0. The molecule has 0 radical (unpaired) electrons. The van der Waals surface area contributed by atoms with E-state index >= 15 is 0 Å². The third-order valence-electron chi connectivity index (χ3n) is 4.93. The Balaban J connectivity index is 1.64. The lowest BCUT2D eigenvalue weighted by molar-refractivity contribution is -0.384. The molecule has 154 valence electrons. The standard InChI is InChI=1S/C21H19N3O6/c1-2-23(11-14-12-29-18-5-3-4-6-19(18)30-14)21(26)16-10-20(25)22-17-8-7-13(24(27)28)9-15(16)17/h3-10,14H,2,11-12H2,1H3,(H,22,25). The van der Waals surface area contributed by atoms with Crippen molar-refractivity contribution >= 4 is 22.5 Å². The van der Waals surface area contributed by atoms with Crippen LogP contribution in [0.2, 0.25) is 0 Å². The number of aromatic amines is 1. The monoisotopic (exact) mass is 409 g/mol. The fourth-order valence-corrected chi connectivity index (χ4v) is 3.46. The highest BCUT2D eigenvalue weighted by Crippen LogP contribution is 2.31. The Labute approximate surface area is 171 Å². The molecule has 0 aliphatic carbocycles. The Morgan fingerprint density at radius 2 is 2.00 bits per heavy atom. The van der Waals surface area contributed by atoms with E-state index in [1.54, 1.807) is 6.07 Å². The van der Waals surface area contributed by atoms with Crippen molar-refractivity contribution in [1.82, 2.24) is 9.88 Å². The van der Waals surface area contributed by atoms with E-state index in [1.807, 2.05) is 25.1 Å². The van der Waals surface area contributed by atoms with Gasteiger partial charge in [0.15, 0.2) is 17.6 Å². The summed E-state index contributed by atoms with van der Waals surface area (Å²) in [6.45, 7) is 2.70. The van der Waals surface area contributed by atoms with E-state index in [2.05, 4.69) is 4.98 Å². The number of likely N-dealkylation sites (N-methyl/N-ethyl adjacent to an activating group) is 1. The molecule has 1 unspecified atom stereocenters. The largest absolute Gasteiger partial charge is 0.486 e. The minimum absolute atomic E-state index is 0.108. The molecule has 9 nitrogen and oxygen atoms in total. The zero-order chi connectivity index (χ0) is 21.3. The van der Waals surface area contributed by atoms with Crippen molar-refractivity contribution in [3.8, 4) is 11.5 Å². The van der Waals surface area contributed by atoms with Gasteiger partial charge in [-0.2, -0.15) is 0 Å². The predicted octanol–water partition coefficient (Wildman–Crippen LogP) is 2.74. The van der Waals surface area contributed by atoms with Crippen LogP contribution in [0.3, 0.4) is 0 Å². The van der Waals surface area contributed by atoms with Crippen molar-refractivity contribution in [2.24, 2.45) is 0 Å². The van der Waals surface area contributed by atoms with Crippen LogP contribution in [0.5, 0.6) is 11.5 Å². The molecule has 2 aromatic carbocycles. The Morgan fingerprint density at radius 1 is 1.23 bits per heavy atom. The molecule has 1 atom stereocenters. The number of nitro benzene ring substituents is 1. The Hall–Kier alpha value is -3.88. The Bertz CT molecular complexity index is 1190. The minimum atomic E-state index is -0.541. The number of carbonyl (C=O) groups excluding carboxylic acids is 1. The lowest BCUT2D eigenvalue weighted by Gasteiger charge is -2.31. The number of nitrogens with zero attached hydrogens (tertiary/aromatic N) is 2. The second-order valence-electron chi connectivity index (χ2n) is 6.88. The van der Waals surface area contributed by atoms with Gasteiger partial charge in [0.05, 0.1) is 17.0 Å². The SMILES string of the molecule is CCN(CC1COc2ccccc2O1)C(=O)c1cc(=O)[nH]c2ccc([N+](=O)[O-])cc12. The van der Waals surface area contributed by atoms with Crippen molar-refractivity contribution in [3.63, 3.8) is 0 Å². The number of benzene rings is 2. The molecule has 0 bridgehead atoms. The highest BCUT2D eigenvalue weighted by molar-refractivity contribution is 6.06. The van der Waals surface area contributed by atoms with Gasteiger partial charge in [-0.3, -0.25) is 19.7 Å². The Kier molecular flexibility index (Phi) is 5.09. The highest BCUT2D eigenvalue weighted by atomic mass is 16.6. The van der Waals surface area contributed by atoms with Crippen LogP contribution in [0.25, 0.3) is 10.9 Å². The average molecular weight is 409 g/mol. The molecule has 0 spiro atoms. The first-order valence-corrected chi connectivity index (χ1v) is 9.45. The van der Waals surface area contributed by atoms with Gasteiger partial charge in [0, 0.05) is 35.6 Å². The van der Waals surface area contributed by atoms with Crippen LogP contribution >= 0.6 is 0 Å². The molecule has 0 saturated carbocycles. The number of aromatic nitrogens is 1. The number of nitrogens with one attached hydrogen (secondary N) is 1. The van der Waals surface area contributed by atoms with E-state index in [-0.39, 0.29) is 30.5 Å². The molecule has 9 heteroatoms. The zero-order valence-corrected chi connectivity index (χ0v) is 16.2. The molecule has 1 aliphatic rings. The second-order valence-corrected chi connectivity index (χ2v) is 6.88.